The minimum absolute atomic E-state index is 0.109. The number of para-hydroxylation sites is 1. The summed E-state index contributed by atoms with van der Waals surface area (Å²) in [6.45, 7) is 2.11. The molecule has 1 atom stereocenters. The number of carbonyl (C=O) groups is 2. The number of nitrogens with one attached hydrogen (secondary N) is 1. The molecule has 0 saturated heterocycles. The summed E-state index contributed by atoms with van der Waals surface area (Å²) in [4.78, 5) is 24.7. The third-order valence-electron chi connectivity index (χ3n) is 4.78. The van der Waals surface area contributed by atoms with Gasteiger partial charge in [-0.2, -0.15) is 0 Å². The van der Waals surface area contributed by atoms with Crippen LogP contribution in [-0.4, -0.2) is 25.4 Å². The Kier molecular flexibility index (Phi) is 4.74. The standard InChI is InChI=1S/C20H23N3O2/c1-13-15-5-3-4-6-17(15)23(2)18-9-7-14(11-16(13)18)8-10-20(25)22-12-19(21)24/h3-7,9,11,13H,8,10,12H2,1-2H3,(H2,21,24)(H,22,25). The molecule has 3 N–H and O–H groups in total. The highest BCUT2D eigenvalue weighted by molar-refractivity contribution is 5.83. The second-order valence-corrected chi connectivity index (χ2v) is 6.48. The number of aryl methyl sites for hydroxylation is 1. The van der Waals surface area contributed by atoms with Gasteiger partial charge in [-0.05, 0) is 35.2 Å². The van der Waals surface area contributed by atoms with Gasteiger partial charge in [0, 0.05) is 30.8 Å². The summed E-state index contributed by atoms with van der Waals surface area (Å²) in [5.41, 5.74) is 11.2. The van der Waals surface area contributed by atoms with Crippen molar-refractivity contribution >= 4 is 23.2 Å². The molecule has 1 unspecified atom stereocenters. The predicted molar refractivity (Wildman–Crippen MR) is 99.0 cm³/mol. The minimum atomic E-state index is -0.530. The van der Waals surface area contributed by atoms with E-state index in [4.69, 9.17) is 5.73 Å². The Bertz CT molecular complexity index is 816. The molecule has 1 heterocycles. The van der Waals surface area contributed by atoms with Crippen molar-refractivity contribution in [2.75, 3.05) is 18.5 Å². The maximum absolute atomic E-state index is 11.8. The zero-order valence-corrected chi connectivity index (χ0v) is 14.6. The second kappa shape index (κ2) is 6.97. The molecular weight excluding hydrogens is 314 g/mol. The Morgan fingerprint density at radius 3 is 2.60 bits per heavy atom. The van der Waals surface area contributed by atoms with Gasteiger partial charge in [0.25, 0.3) is 0 Å². The normalized spacial score (nSPS) is 15.3. The lowest BCUT2D eigenvalue weighted by molar-refractivity contribution is -0.124. The van der Waals surface area contributed by atoms with Crippen molar-refractivity contribution in [3.8, 4) is 0 Å². The summed E-state index contributed by atoms with van der Waals surface area (Å²) in [6.07, 6.45) is 0.975. The number of nitrogens with zero attached hydrogens (tertiary/aromatic N) is 1. The SMILES string of the molecule is CC1c2ccccc2N(C)c2ccc(CCC(=O)NCC(N)=O)cc21. The summed E-state index contributed by atoms with van der Waals surface area (Å²) >= 11 is 0. The fourth-order valence-electron chi connectivity index (χ4n) is 3.40. The van der Waals surface area contributed by atoms with E-state index in [2.05, 4.69) is 66.7 Å². The first-order valence-electron chi connectivity index (χ1n) is 8.48. The molecule has 0 radical (unpaired) electrons. The molecule has 5 nitrogen and oxygen atoms in total. The van der Waals surface area contributed by atoms with E-state index in [-0.39, 0.29) is 12.5 Å². The monoisotopic (exact) mass is 337 g/mol. The number of carbonyl (C=O) groups excluding carboxylic acids is 2. The molecule has 0 bridgehead atoms. The van der Waals surface area contributed by atoms with Crippen LogP contribution in [-0.2, 0) is 16.0 Å². The Morgan fingerprint density at radius 1 is 1.12 bits per heavy atom. The van der Waals surface area contributed by atoms with E-state index in [9.17, 15) is 9.59 Å². The van der Waals surface area contributed by atoms with Crippen molar-refractivity contribution in [2.45, 2.75) is 25.7 Å². The molecule has 2 aromatic carbocycles. The average molecular weight is 337 g/mol. The molecule has 2 aromatic rings. The Hall–Kier alpha value is -2.82. The molecule has 0 aliphatic carbocycles. The number of hydrogen-bond donors (Lipinski definition) is 2. The van der Waals surface area contributed by atoms with Crippen LogP contribution in [0.2, 0.25) is 0 Å². The number of fused-ring (bicyclic) bond motifs is 2. The Balaban J connectivity index is 1.76. The van der Waals surface area contributed by atoms with E-state index in [0.29, 0.717) is 18.8 Å². The molecule has 0 saturated carbocycles. The molecule has 3 rings (SSSR count). The van der Waals surface area contributed by atoms with Crippen molar-refractivity contribution in [2.24, 2.45) is 5.73 Å². The number of hydrogen-bond acceptors (Lipinski definition) is 3. The first-order valence-corrected chi connectivity index (χ1v) is 8.48. The smallest absolute Gasteiger partial charge is 0.236 e. The lowest BCUT2D eigenvalue weighted by Crippen LogP contribution is -2.33. The molecule has 0 spiro atoms. The second-order valence-electron chi connectivity index (χ2n) is 6.48. The van der Waals surface area contributed by atoms with Gasteiger partial charge in [0.15, 0.2) is 0 Å². The molecule has 0 fully saturated rings. The van der Waals surface area contributed by atoms with Gasteiger partial charge in [0.1, 0.15) is 0 Å². The zero-order chi connectivity index (χ0) is 18.0. The first kappa shape index (κ1) is 17.0. The first-order chi connectivity index (χ1) is 12.0. The van der Waals surface area contributed by atoms with Crippen molar-refractivity contribution in [1.82, 2.24) is 5.32 Å². The van der Waals surface area contributed by atoms with Gasteiger partial charge >= 0.3 is 0 Å². The van der Waals surface area contributed by atoms with Crippen LogP contribution in [0.3, 0.4) is 0 Å². The van der Waals surface area contributed by atoms with Crippen molar-refractivity contribution in [1.29, 1.82) is 0 Å². The van der Waals surface area contributed by atoms with Crippen molar-refractivity contribution < 1.29 is 9.59 Å². The van der Waals surface area contributed by atoms with E-state index in [1.54, 1.807) is 0 Å². The van der Waals surface area contributed by atoms with Crippen LogP contribution in [0.4, 0.5) is 11.4 Å². The average Bonchev–Trinajstić information content (AvgIpc) is 2.62. The third kappa shape index (κ3) is 3.50. The van der Waals surface area contributed by atoms with Crippen LogP contribution < -0.4 is 16.0 Å². The molecule has 25 heavy (non-hydrogen) atoms. The molecule has 5 heteroatoms. The van der Waals surface area contributed by atoms with Crippen LogP contribution in [0, 0.1) is 0 Å². The highest BCUT2D eigenvalue weighted by Crippen LogP contribution is 2.44. The summed E-state index contributed by atoms with van der Waals surface area (Å²) in [7, 11) is 2.08. The zero-order valence-electron chi connectivity index (χ0n) is 14.6. The summed E-state index contributed by atoms with van der Waals surface area (Å²) in [5.74, 6) is -0.379. The maximum atomic E-state index is 11.8. The van der Waals surface area contributed by atoms with Gasteiger partial charge < -0.3 is 16.0 Å². The van der Waals surface area contributed by atoms with E-state index in [0.717, 1.165) is 5.56 Å². The van der Waals surface area contributed by atoms with E-state index in [1.165, 1.54) is 22.5 Å². The van der Waals surface area contributed by atoms with Gasteiger partial charge in [0.2, 0.25) is 11.8 Å². The molecule has 130 valence electrons. The van der Waals surface area contributed by atoms with Crippen LogP contribution in [0.5, 0.6) is 0 Å². The van der Waals surface area contributed by atoms with Gasteiger partial charge in [-0.3, -0.25) is 9.59 Å². The van der Waals surface area contributed by atoms with Gasteiger partial charge in [-0.25, -0.2) is 0 Å². The van der Waals surface area contributed by atoms with Gasteiger partial charge in [-0.1, -0.05) is 37.3 Å². The van der Waals surface area contributed by atoms with Crippen molar-refractivity contribution in [3.63, 3.8) is 0 Å². The largest absolute Gasteiger partial charge is 0.368 e. The lowest BCUT2D eigenvalue weighted by atomic mass is 9.85. The van der Waals surface area contributed by atoms with E-state index in [1.807, 2.05) is 0 Å². The number of benzene rings is 2. The fourth-order valence-corrected chi connectivity index (χ4v) is 3.40. The summed E-state index contributed by atoms with van der Waals surface area (Å²) < 4.78 is 0. The topological polar surface area (TPSA) is 75.4 Å². The van der Waals surface area contributed by atoms with E-state index < -0.39 is 5.91 Å². The number of primary amides is 1. The molecule has 0 aromatic heterocycles. The Labute approximate surface area is 147 Å². The number of nitrogens with two attached hydrogens (primary N) is 1. The highest BCUT2D eigenvalue weighted by atomic mass is 16.2. The molecule has 1 aliphatic rings. The fraction of sp³-hybridized carbons (Fsp3) is 0.300. The van der Waals surface area contributed by atoms with E-state index >= 15 is 0 Å². The number of rotatable bonds is 5. The minimum Gasteiger partial charge on any atom is -0.368 e. The van der Waals surface area contributed by atoms with Crippen LogP contribution in [0.25, 0.3) is 0 Å². The van der Waals surface area contributed by atoms with Gasteiger partial charge in [0.05, 0.1) is 6.54 Å². The van der Waals surface area contributed by atoms with Crippen molar-refractivity contribution in [3.05, 3.63) is 59.2 Å². The van der Waals surface area contributed by atoms with Gasteiger partial charge in [-0.15, -0.1) is 0 Å². The summed E-state index contributed by atoms with van der Waals surface area (Å²) in [5, 5.41) is 2.52. The van der Waals surface area contributed by atoms with Crippen LogP contribution in [0.15, 0.2) is 42.5 Å². The molecular formula is C20H23N3O2. The van der Waals surface area contributed by atoms with Crippen LogP contribution >= 0.6 is 0 Å². The highest BCUT2D eigenvalue weighted by Gasteiger charge is 2.25. The molecule has 2 amide bonds. The number of anilines is 2. The Morgan fingerprint density at radius 2 is 1.84 bits per heavy atom. The van der Waals surface area contributed by atoms with Crippen LogP contribution in [0.1, 0.15) is 36.0 Å². The predicted octanol–water partition coefficient (Wildman–Crippen LogP) is 2.45. The quantitative estimate of drug-likeness (QED) is 0.880. The molecule has 1 aliphatic heterocycles. The maximum Gasteiger partial charge on any atom is 0.236 e. The lowest BCUT2D eigenvalue weighted by Gasteiger charge is -2.34. The summed E-state index contributed by atoms with van der Waals surface area (Å²) in [6, 6.07) is 14.8. The third-order valence-corrected chi connectivity index (χ3v) is 4.78. The number of amides is 2.